The van der Waals surface area contributed by atoms with Crippen LogP contribution < -0.4 is 14.2 Å². The maximum absolute atomic E-state index is 13.3. The first kappa shape index (κ1) is 23.4. The van der Waals surface area contributed by atoms with Crippen LogP contribution in [0.25, 0.3) is 0 Å². The van der Waals surface area contributed by atoms with E-state index in [0.29, 0.717) is 48.7 Å². The first-order chi connectivity index (χ1) is 14.7. The Hall–Kier alpha value is -2.30. The molecule has 170 valence electrons. The molecule has 1 fully saturated rings. The fraction of sp³-hybridized carbons (Fsp3) is 0.476. The van der Waals surface area contributed by atoms with Crippen LogP contribution in [0.15, 0.2) is 29.6 Å². The van der Waals surface area contributed by atoms with Crippen LogP contribution in [0.1, 0.15) is 34.5 Å². The van der Waals surface area contributed by atoms with Crippen molar-refractivity contribution in [1.29, 1.82) is 0 Å². The summed E-state index contributed by atoms with van der Waals surface area (Å²) in [5.74, 6) is 0.633. The lowest BCUT2D eigenvalue weighted by Gasteiger charge is -2.29. The molecule has 1 amide bonds. The van der Waals surface area contributed by atoms with Gasteiger partial charge in [0, 0.05) is 34.7 Å². The predicted molar refractivity (Wildman–Crippen MR) is 116 cm³/mol. The van der Waals surface area contributed by atoms with Gasteiger partial charge in [-0.25, -0.2) is 8.42 Å². The Labute approximate surface area is 186 Å². The molecule has 8 nitrogen and oxygen atoms in total. The normalized spacial score (nSPS) is 18.8. The van der Waals surface area contributed by atoms with Crippen molar-refractivity contribution in [2.75, 3.05) is 40.2 Å². The lowest BCUT2D eigenvalue weighted by Crippen LogP contribution is -2.34. The lowest BCUT2D eigenvalue weighted by atomic mass is 9.81. The van der Waals surface area contributed by atoms with Gasteiger partial charge < -0.3 is 23.7 Å². The lowest BCUT2D eigenvalue weighted by molar-refractivity contribution is 0.0781. The second kappa shape index (κ2) is 9.46. The van der Waals surface area contributed by atoms with Crippen LogP contribution in [-0.4, -0.2) is 63.9 Å². The number of nitrogens with zero attached hydrogens (tertiary/aromatic N) is 1. The van der Waals surface area contributed by atoms with Crippen LogP contribution in [0.5, 0.6) is 17.2 Å². The molecule has 1 saturated heterocycles. The molecular formula is C21H26NO7S2-. The van der Waals surface area contributed by atoms with Gasteiger partial charge in [0.05, 0.1) is 31.4 Å². The monoisotopic (exact) mass is 468 g/mol. The molecule has 0 bridgehead atoms. The number of benzene rings is 1. The zero-order valence-electron chi connectivity index (χ0n) is 17.8. The number of hydrogen-bond acceptors (Lipinski definition) is 8. The number of thiophene rings is 1. The number of ether oxygens (including phenoxy) is 3. The summed E-state index contributed by atoms with van der Waals surface area (Å²) in [6.45, 7) is 0.972. The molecule has 0 aliphatic carbocycles. The number of likely N-dealkylation sites (tertiary alicyclic amines) is 1. The SMILES string of the molecule is COc1cc(C(=O)N2CCC(CCCS(=O)(=O)[O-])(c3cccs3)C2)cc(OC)c1OC. The smallest absolute Gasteiger partial charge is 0.254 e. The molecule has 1 aliphatic heterocycles. The van der Waals surface area contributed by atoms with Crippen LogP contribution in [-0.2, 0) is 15.5 Å². The van der Waals surface area contributed by atoms with Crippen molar-refractivity contribution in [1.82, 2.24) is 4.90 Å². The van der Waals surface area contributed by atoms with E-state index in [1.807, 2.05) is 17.5 Å². The van der Waals surface area contributed by atoms with E-state index in [9.17, 15) is 17.8 Å². The molecule has 2 heterocycles. The van der Waals surface area contributed by atoms with Gasteiger partial charge in [-0.1, -0.05) is 6.07 Å². The molecule has 1 atom stereocenters. The number of carbonyl (C=O) groups excluding carboxylic acids is 1. The summed E-state index contributed by atoms with van der Waals surface area (Å²) < 4.78 is 49.3. The minimum Gasteiger partial charge on any atom is -0.748 e. The molecule has 0 saturated carbocycles. The zero-order valence-corrected chi connectivity index (χ0v) is 19.4. The van der Waals surface area contributed by atoms with E-state index < -0.39 is 15.9 Å². The molecule has 0 N–H and O–H groups in total. The van der Waals surface area contributed by atoms with Gasteiger partial charge in [0.15, 0.2) is 11.5 Å². The van der Waals surface area contributed by atoms with Crippen LogP contribution in [0.4, 0.5) is 0 Å². The predicted octanol–water partition coefficient (Wildman–Crippen LogP) is 2.88. The van der Waals surface area contributed by atoms with Gasteiger partial charge in [0.2, 0.25) is 5.75 Å². The molecule has 1 aromatic heterocycles. The Morgan fingerprint density at radius 3 is 2.39 bits per heavy atom. The van der Waals surface area contributed by atoms with Crippen molar-refractivity contribution in [3.05, 3.63) is 40.1 Å². The van der Waals surface area contributed by atoms with E-state index in [0.717, 1.165) is 4.88 Å². The number of hydrogen-bond donors (Lipinski definition) is 0. The molecule has 3 rings (SSSR count). The molecule has 2 aromatic rings. The number of rotatable bonds is 9. The van der Waals surface area contributed by atoms with Gasteiger partial charge in [-0.15, -0.1) is 11.3 Å². The Morgan fingerprint density at radius 1 is 1.19 bits per heavy atom. The maximum Gasteiger partial charge on any atom is 0.254 e. The summed E-state index contributed by atoms with van der Waals surface area (Å²) in [6.07, 6.45) is 1.48. The van der Waals surface area contributed by atoms with Crippen molar-refractivity contribution in [2.24, 2.45) is 0 Å². The number of carbonyl (C=O) groups is 1. The van der Waals surface area contributed by atoms with E-state index >= 15 is 0 Å². The third kappa shape index (κ3) is 5.13. The molecular weight excluding hydrogens is 442 g/mol. The molecule has 10 heteroatoms. The Kier molecular flexibility index (Phi) is 7.13. The minimum atomic E-state index is -4.27. The summed E-state index contributed by atoms with van der Waals surface area (Å²) in [6, 6.07) is 7.19. The maximum atomic E-state index is 13.3. The first-order valence-electron chi connectivity index (χ1n) is 9.80. The summed E-state index contributed by atoms with van der Waals surface area (Å²) in [7, 11) is 0.213. The number of methoxy groups -OCH3 is 3. The van der Waals surface area contributed by atoms with Gasteiger partial charge in [-0.2, -0.15) is 0 Å². The Bertz CT molecular complexity index is 995. The molecule has 0 radical (unpaired) electrons. The van der Waals surface area contributed by atoms with Crippen LogP contribution in [0.2, 0.25) is 0 Å². The third-order valence-electron chi connectivity index (χ3n) is 5.65. The van der Waals surface area contributed by atoms with E-state index in [2.05, 4.69) is 0 Å². The Balaban J connectivity index is 1.85. The largest absolute Gasteiger partial charge is 0.748 e. The van der Waals surface area contributed by atoms with Crippen molar-refractivity contribution < 1.29 is 32.0 Å². The zero-order chi connectivity index (χ0) is 22.6. The summed E-state index contributed by atoms with van der Waals surface area (Å²) in [5.41, 5.74) is 0.0495. The highest BCUT2D eigenvalue weighted by atomic mass is 32.2. The standard InChI is InChI=1S/C21H27NO7S2/c1-27-16-12-15(13-17(28-2)19(16)29-3)20(23)22-9-8-21(14-22,18-6-4-10-30-18)7-5-11-31(24,25)26/h4,6,10,12-13H,5,7-9,11,14H2,1-3H3,(H,24,25,26)/p-1. The highest BCUT2D eigenvalue weighted by molar-refractivity contribution is 7.85. The van der Waals surface area contributed by atoms with E-state index in [1.165, 1.54) is 21.3 Å². The van der Waals surface area contributed by atoms with Crippen molar-refractivity contribution in [2.45, 2.75) is 24.7 Å². The summed E-state index contributed by atoms with van der Waals surface area (Å²) in [5, 5.41) is 1.96. The fourth-order valence-corrected chi connectivity index (χ4v) is 5.61. The Morgan fingerprint density at radius 2 is 1.87 bits per heavy atom. The fourth-order valence-electron chi connectivity index (χ4n) is 4.13. The number of amides is 1. The van der Waals surface area contributed by atoms with E-state index in [1.54, 1.807) is 28.4 Å². The van der Waals surface area contributed by atoms with E-state index in [-0.39, 0.29) is 17.7 Å². The van der Waals surface area contributed by atoms with Crippen LogP contribution in [0, 0.1) is 0 Å². The van der Waals surface area contributed by atoms with E-state index in [4.69, 9.17) is 14.2 Å². The van der Waals surface area contributed by atoms with Crippen LogP contribution in [0.3, 0.4) is 0 Å². The van der Waals surface area contributed by atoms with Crippen molar-refractivity contribution in [3.63, 3.8) is 0 Å². The first-order valence-corrected chi connectivity index (χ1v) is 12.3. The van der Waals surface area contributed by atoms with Crippen molar-refractivity contribution in [3.8, 4) is 17.2 Å². The highest BCUT2D eigenvalue weighted by Gasteiger charge is 2.42. The van der Waals surface area contributed by atoms with Gasteiger partial charge >= 0.3 is 0 Å². The molecule has 0 spiro atoms. The summed E-state index contributed by atoms with van der Waals surface area (Å²) in [4.78, 5) is 16.2. The molecule has 1 aliphatic rings. The van der Waals surface area contributed by atoms with Gasteiger partial charge in [-0.3, -0.25) is 4.79 Å². The second-order valence-corrected chi connectivity index (χ2v) is 9.99. The molecule has 31 heavy (non-hydrogen) atoms. The second-order valence-electron chi connectivity index (χ2n) is 7.51. The minimum absolute atomic E-state index is 0.172. The van der Waals surface area contributed by atoms with Crippen molar-refractivity contribution >= 4 is 27.4 Å². The topological polar surface area (TPSA) is 105 Å². The van der Waals surface area contributed by atoms with Gasteiger partial charge in [0.1, 0.15) is 0 Å². The average molecular weight is 469 g/mol. The molecule has 1 unspecified atom stereocenters. The van der Waals surface area contributed by atoms with Gasteiger partial charge in [0.25, 0.3) is 5.91 Å². The van der Waals surface area contributed by atoms with Gasteiger partial charge in [-0.05, 0) is 42.8 Å². The molecule has 1 aromatic carbocycles. The average Bonchev–Trinajstić information content (AvgIpc) is 3.42. The van der Waals surface area contributed by atoms with Crippen LogP contribution >= 0.6 is 11.3 Å². The summed E-state index contributed by atoms with van der Waals surface area (Å²) >= 11 is 1.58. The third-order valence-corrected chi connectivity index (χ3v) is 7.55. The quantitative estimate of drug-likeness (QED) is 0.521. The highest BCUT2D eigenvalue weighted by Crippen LogP contribution is 2.43.